The van der Waals surface area contributed by atoms with Gasteiger partial charge in [-0.05, 0) is 66.2 Å². The van der Waals surface area contributed by atoms with Gasteiger partial charge in [0.15, 0.2) is 0 Å². The second kappa shape index (κ2) is 9.21. The third-order valence-corrected chi connectivity index (χ3v) is 3.34. The Morgan fingerprint density at radius 3 is 2.52 bits per heavy atom. The topological polar surface area (TPSA) is 42.4 Å². The molecule has 0 N–H and O–H groups in total. The van der Waals surface area contributed by atoms with Crippen LogP contribution in [-0.2, 0) is 11.3 Å². The minimum Gasteiger partial charge on any atom is -0.443 e. The fourth-order valence-corrected chi connectivity index (χ4v) is 2.09. The maximum Gasteiger partial charge on any atom is 0.415 e. The first-order valence-electron chi connectivity index (χ1n) is 8.53. The Morgan fingerprint density at radius 1 is 1.32 bits per heavy atom. The summed E-state index contributed by atoms with van der Waals surface area (Å²) in [5, 5.41) is 0. The summed E-state index contributed by atoms with van der Waals surface area (Å²) in [7, 11) is 0. The molecule has 1 heterocycles. The van der Waals surface area contributed by atoms with Gasteiger partial charge in [-0.3, -0.25) is 9.88 Å². The highest BCUT2D eigenvalue weighted by atomic mass is 16.6. The summed E-state index contributed by atoms with van der Waals surface area (Å²) in [6.45, 7) is 13.9. The third-order valence-electron chi connectivity index (χ3n) is 3.34. The number of carbonyl (C=O) groups is 1. The Kier molecular flexibility index (Phi) is 7.62. The van der Waals surface area contributed by atoms with E-state index in [-0.39, 0.29) is 6.09 Å². The van der Waals surface area contributed by atoms with E-state index in [1.165, 1.54) is 5.57 Å². The number of carbonyl (C=O) groups excluding carboxylic acids is 1. The van der Waals surface area contributed by atoms with Crippen LogP contribution in [0.2, 0.25) is 0 Å². The van der Waals surface area contributed by atoms with Crippen LogP contribution >= 0.6 is 0 Å². The molecule has 1 aromatic rings. The van der Waals surface area contributed by atoms with Crippen LogP contribution in [0.5, 0.6) is 0 Å². The SMILES string of the molecule is C/C=C(\C=C/C=C(C)C)N(Cc1ncccc1C)C(=O)OC(C)(C)C. The van der Waals surface area contributed by atoms with Crippen molar-refractivity contribution >= 4 is 6.09 Å². The number of allylic oxidation sites excluding steroid dienone is 5. The highest BCUT2D eigenvalue weighted by Gasteiger charge is 2.24. The van der Waals surface area contributed by atoms with Gasteiger partial charge in [0.2, 0.25) is 0 Å². The molecule has 0 saturated heterocycles. The summed E-state index contributed by atoms with van der Waals surface area (Å²) in [5.74, 6) is 0. The molecule has 1 amide bonds. The molecule has 0 unspecified atom stereocenters. The monoisotopic (exact) mass is 342 g/mol. The van der Waals surface area contributed by atoms with Gasteiger partial charge in [0.05, 0.1) is 12.2 Å². The predicted molar refractivity (Wildman–Crippen MR) is 103 cm³/mol. The first kappa shape index (κ1) is 20.7. The third kappa shape index (κ3) is 7.38. The first-order valence-corrected chi connectivity index (χ1v) is 8.53. The number of hydrogen-bond acceptors (Lipinski definition) is 3. The van der Waals surface area contributed by atoms with Crippen LogP contribution in [0.15, 0.2) is 53.9 Å². The van der Waals surface area contributed by atoms with Crippen LogP contribution in [0.4, 0.5) is 4.79 Å². The van der Waals surface area contributed by atoms with Gasteiger partial charge in [-0.25, -0.2) is 4.79 Å². The molecular weight excluding hydrogens is 312 g/mol. The average molecular weight is 342 g/mol. The van der Waals surface area contributed by atoms with E-state index in [1.807, 2.05) is 84.9 Å². The Balaban J connectivity index is 3.17. The van der Waals surface area contributed by atoms with Crippen LogP contribution in [-0.4, -0.2) is 21.6 Å². The predicted octanol–water partition coefficient (Wildman–Crippen LogP) is 5.55. The normalized spacial score (nSPS) is 12.2. The molecule has 0 aliphatic carbocycles. The van der Waals surface area contributed by atoms with Crippen molar-refractivity contribution in [2.75, 3.05) is 0 Å². The fourth-order valence-electron chi connectivity index (χ4n) is 2.09. The van der Waals surface area contributed by atoms with Crippen molar-refractivity contribution < 1.29 is 9.53 Å². The van der Waals surface area contributed by atoms with Gasteiger partial charge in [-0.2, -0.15) is 0 Å². The molecule has 136 valence electrons. The molecule has 0 aliphatic rings. The molecule has 0 aromatic carbocycles. The van der Waals surface area contributed by atoms with Crippen molar-refractivity contribution in [1.82, 2.24) is 9.88 Å². The lowest BCUT2D eigenvalue weighted by atomic mass is 10.2. The highest BCUT2D eigenvalue weighted by Crippen LogP contribution is 2.19. The number of amides is 1. The van der Waals surface area contributed by atoms with Crippen LogP contribution in [0.25, 0.3) is 0 Å². The number of hydrogen-bond donors (Lipinski definition) is 0. The molecule has 0 atom stereocenters. The first-order chi connectivity index (χ1) is 11.6. The van der Waals surface area contributed by atoms with Gasteiger partial charge >= 0.3 is 6.09 Å². The van der Waals surface area contributed by atoms with Crippen LogP contribution in [0.3, 0.4) is 0 Å². The minimum absolute atomic E-state index is 0.362. The molecule has 0 radical (unpaired) electrons. The van der Waals surface area contributed by atoms with E-state index < -0.39 is 5.60 Å². The molecule has 1 aromatic heterocycles. The van der Waals surface area contributed by atoms with Gasteiger partial charge in [0, 0.05) is 11.9 Å². The Labute approximate surface area is 151 Å². The molecule has 1 rings (SSSR count). The molecule has 0 fully saturated rings. The Bertz CT molecular complexity index is 675. The quantitative estimate of drug-likeness (QED) is 0.659. The molecule has 25 heavy (non-hydrogen) atoms. The van der Waals surface area contributed by atoms with E-state index in [0.29, 0.717) is 6.54 Å². The summed E-state index contributed by atoms with van der Waals surface area (Å²) in [6, 6.07) is 3.88. The highest BCUT2D eigenvalue weighted by molar-refractivity contribution is 5.71. The maximum absolute atomic E-state index is 12.8. The zero-order valence-corrected chi connectivity index (χ0v) is 16.5. The van der Waals surface area contributed by atoms with Crippen molar-refractivity contribution in [3.8, 4) is 0 Å². The summed E-state index contributed by atoms with van der Waals surface area (Å²) in [4.78, 5) is 18.8. The molecule has 0 saturated carbocycles. The zero-order valence-electron chi connectivity index (χ0n) is 16.5. The summed E-state index contributed by atoms with van der Waals surface area (Å²) >= 11 is 0. The molecule has 4 nitrogen and oxygen atoms in total. The van der Waals surface area contributed by atoms with Gasteiger partial charge < -0.3 is 4.74 Å². The van der Waals surface area contributed by atoms with E-state index in [9.17, 15) is 4.79 Å². The largest absolute Gasteiger partial charge is 0.443 e. The van der Waals surface area contributed by atoms with E-state index in [1.54, 1.807) is 11.1 Å². The lowest BCUT2D eigenvalue weighted by Crippen LogP contribution is -2.36. The Morgan fingerprint density at radius 2 is 2.00 bits per heavy atom. The van der Waals surface area contributed by atoms with Gasteiger partial charge in [-0.15, -0.1) is 0 Å². The van der Waals surface area contributed by atoms with Crippen LogP contribution in [0, 0.1) is 6.92 Å². The molecular formula is C21H30N2O2. The van der Waals surface area contributed by atoms with Crippen molar-refractivity contribution in [3.63, 3.8) is 0 Å². The van der Waals surface area contributed by atoms with Crippen molar-refractivity contribution in [1.29, 1.82) is 0 Å². The average Bonchev–Trinajstić information content (AvgIpc) is 2.49. The Hall–Kier alpha value is -2.36. The number of rotatable bonds is 5. The van der Waals surface area contributed by atoms with Crippen LogP contribution < -0.4 is 0 Å². The number of aromatic nitrogens is 1. The fraction of sp³-hybridized carbons (Fsp3) is 0.429. The second-order valence-electron chi connectivity index (χ2n) is 7.15. The van der Waals surface area contributed by atoms with Crippen molar-refractivity contribution in [2.45, 2.75) is 60.6 Å². The summed E-state index contributed by atoms with van der Waals surface area (Å²) in [5.41, 5.74) is 3.30. The van der Waals surface area contributed by atoms with E-state index >= 15 is 0 Å². The zero-order chi connectivity index (χ0) is 19.0. The van der Waals surface area contributed by atoms with Gasteiger partial charge in [0.1, 0.15) is 5.60 Å². The minimum atomic E-state index is -0.559. The maximum atomic E-state index is 12.8. The smallest absolute Gasteiger partial charge is 0.415 e. The van der Waals surface area contributed by atoms with E-state index in [4.69, 9.17) is 4.74 Å². The number of pyridine rings is 1. The lowest BCUT2D eigenvalue weighted by molar-refractivity contribution is 0.0305. The number of aryl methyl sites for hydroxylation is 1. The molecule has 0 aliphatic heterocycles. The second-order valence-corrected chi connectivity index (χ2v) is 7.15. The standard InChI is InChI=1S/C21H30N2O2/c1-8-18(13-9-11-16(2)3)23(20(24)25-21(5,6)7)15-19-17(4)12-10-14-22-19/h8-14H,15H2,1-7H3/b13-9-,18-8+. The number of ether oxygens (including phenoxy) is 1. The van der Waals surface area contributed by atoms with E-state index in [0.717, 1.165) is 17.0 Å². The van der Waals surface area contributed by atoms with Crippen molar-refractivity contribution in [3.05, 3.63) is 65.2 Å². The molecule has 4 heteroatoms. The van der Waals surface area contributed by atoms with Gasteiger partial charge in [0.25, 0.3) is 0 Å². The van der Waals surface area contributed by atoms with E-state index in [2.05, 4.69) is 4.98 Å². The summed E-state index contributed by atoms with van der Waals surface area (Å²) in [6.07, 6.45) is 9.11. The molecule has 0 spiro atoms. The number of nitrogens with zero attached hydrogens (tertiary/aromatic N) is 2. The van der Waals surface area contributed by atoms with Gasteiger partial charge in [-0.1, -0.05) is 29.9 Å². The summed E-state index contributed by atoms with van der Waals surface area (Å²) < 4.78 is 5.59. The molecule has 0 bridgehead atoms. The van der Waals surface area contributed by atoms with Crippen LogP contribution in [0.1, 0.15) is 52.8 Å². The lowest BCUT2D eigenvalue weighted by Gasteiger charge is -2.28. The van der Waals surface area contributed by atoms with Crippen molar-refractivity contribution in [2.24, 2.45) is 0 Å².